The lowest BCUT2D eigenvalue weighted by atomic mass is 9.99. The summed E-state index contributed by atoms with van der Waals surface area (Å²) in [6, 6.07) is 16.1. The zero-order valence-electron chi connectivity index (χ0n) is 20.5. The molecule has 2 heterocycles. The number of carbonyl (C=O) groups is 1. The van der Waals surface area contributed by atoms with Crippen molar-refractivity contribution >= 4 is 34.8 Å². The molecule has 1 saturated heterocycles. The van der Waals surface area contributed by atoms with Crippen molar-refractivity contribution in [3.05, 3.63) is 87.5 Å². The molecule has 1 aromatic heterocycles. The van der Waals surface area contributed by atoms with Crippen LogP contribution in [0.3, 0.4) is 0 Å². The van der Waals surface area contributed by atoms with Crippen LogP contribution in [0.4, 0.5) is 18.9 Å². The summed E-state index contributed by atoms with van der Waals surface area (Å²) in [4.78, 5) is 21.0. The first-order valence-corrected chi connectivity index (χ1v) is 12.4. The average Bonchev–Trinajstić information content (AvgIpc) is 2.88. The maximum atomic E-state index is 13.6. The third-order valence-corrected chi connectivity index (χ3v) is 6.80. The van der Waals surface area contributed by atoms with Crippen LogP contribution in [0.25, 0.3) is 0 Å². The Bertz CT molecular complexity index is 1360. The molecular weight excluding hydrogens is 540 g/mol. The number of nitriles is 1. The Hall–Kier alpha value is -3.48. The maximum Gasteiger partial charge on any atom is 0.417 e. The number of halogens is 5. The van der Waals surface area contributed by atoms with Gasteiger partial charge in [0.15, 0.2) is 5.60 Å². The second-order valence-electron chi connectivity index (χ2n) is 9.29. The molecule has 1 aliphatic heterocycles. The molecule has 1 atom stereocenters. The number of rotatable bonds is 5. The van der Waals surface area contributed by atoms with Gasteiger partial charge in [0, 0.05) is 36.9 Å². The summed E-state index contributed by atoms with van der Waals surface area (Å²) in [6.07, 6.45) is -3.85. The summed E-state index contributed by atoms with van der Waals surface area (Å²) in [5.74, 6) is -0.433. The molecule has 6 nitrogen and oxygen atoms in total. The molecule has 0 N–H and O–H groups in total. The van der Waals surface area contributed by atoms with Crippen LogP contribution in [0, 0.1) is 11.3 Å². The van der Waals surface area contributed by atoms with E-state index >= 15 is 0 Å². The van der Waals surface area contributed by atoms with Gasteiger partial charge in [0.25, 0.3) is 5.91 Å². The predicted octanol–water partition coefficient (Wildman–Crippen LogP) is 6.53. The summed E-state index contributed by atoms with van der Waals surface area (Å²) in [6.45, 7) is 4.15. The number of amides is 1. The number of piperazine rings is 1. The highest BCUT2D eigenvalue weighted by Crippen LogP contribution is 2.37. The Kier molecular flexibility index (Phi) is 7.77. The molecule has 198 valence electrons. The van der Waals surface area contributed by atoms with Crippen LogP contribution in [0.15, 0.2) is 60.8 Å². The molecule has 1 aliphatic rings. The van der Waals surface area contributed by atoms with Gasteiger partial charge in [-0.3, -0.25) is 4.79 Å². The lowest BCUT2D eigenvalue weighted by Crippen LogP contribution is -2.56. The van der Waals surface area contributed by atoms with Crippen molar-refractivity contribution in [1.29, 1.82) is 5.26 Å². The number of benzene rings is 2. The summed E-state index contributed by atoms with van der Waals surface area (Å²) in [5, 5.41) is 10.2. The SMILES string of the molecule is CC(C)(Oc1ccc(C(F)(F)F)cn1)C(=O)N1CCN(c2ccc(C#N)cc2Cl)[C@H](c2ccc(Cl)cc2)C1. The van der Waals surface area contributed by atoms with Crippen LogP contribution in [0.5, 0.6) is 5.88 Å². The van der Waals surface area contributed by atoms with Gasteiger partial charge < -0.3 is 14.5 Å². The molecule has 38 heavy (non-hydrogen) atoms. The number of carbonyl (C=O) groups excluding carboxylic acids is 1. The predicted molar refractivity (Wildman–Crippen MR) is 138 cm³/mol. The molecule has 0 spiro atoms. The van der Waals surface area contributed by atoms with Crippen LogP contribution in [-0.4, -0.2) is 41.0 Å². The molecule has 11 heteroatoms. The minimum atomic E-state index is -4.52. The van der Waals surface area contributed by atoms with Crippen LogP contribution in [-0.2, 0) is 11.0 Å². The Morgan fingerprint density at radius 3 is 2.37 bits per heavy atom. The third kappa shape index (κ3) is 5.98. The number of nitrogens with zero attached hydrogens (tertiary/aromatic N) is 4. The van der Waals surface area contributed by atoms with E-state index in [1.807, 2.05) is 12.1 Å². The van der Waals surface area contributed by atoms with E-state index < -0.39 is 17.3 Å². The fourth-order valence-electron chi connectivity index (χ4n) is 4.33. The van der Waals surface area contributed by atoms with Crippen LogP contribution < -0.4 is 9.64 Å². The van der Waals surface area contributed by atoms with E-state index in [0.29, 0.717) is 34.9 Å². The fourth-order valence-corrected chi connectivity index (χ4v) is 4.74. The fraction of sp³-hybridized carbons (Fsp3) is 0.296. The van der Waals surface area contributed by atoms with E-state index in [-0.39, 0.29) is 24.4 Å². The Morgan fingerprint density at radius 2 is 1.79 bits per heavy atom. The minimum absolute atomic E-state index is 0.0893. The second-order valence-corrected chi connectivity index (χ2v) is 10.1. The van der Waals surface area contributed by atoms with E-state index in [4.69, 9.17) is 27.9 Å². The topological polar surface area (TPSA) is 69.5 Å². The van der Waals surface area contributed by atoms with Crippen molar-refractivity contribution in [3.8, 4) is 11.9 Å². The maximum absolute atomic E-state index is 13.6. The molecular formula is C27H23Cl2F3N4O2. The standard InChI is InChI=1S/C27H23Cl2F3N4O2/c1-26(2,38-24-10-6-19(15-34-24)27(30,31)32)25(37)35-11-12-36(22-9-3-17(14-33)13-21(22)29)23(16-35)18-4-7-20(28)8-5-18/h3-10,13,15,23H,11-12,16H2,1-2H3/t23-/m0/s1. The number of hydrogen-bond acceptors (Lipinski definition) is 5. The number of anilines is 1. The Labute approximate surface area is 228 Å². The highest BCUT2D eigenvalue weighted by molar-refractivity contribution is 6.33. The zero-order chi connectivity index (χ0) is 27.7. The molecule has 3 aromatic rings. The van der Waals surface area contributed by atoms with Gasteiger partial charge in [-0.1, -0.05) is 35.3 Å². The number of hydrogen-bond donors (Lipinski definition) is 0. The monoisotopic (exact) mass is 562 g/mol. The lowest BCUT2D eigenvalue weighted by molar-refractivity contribution is -0.146. The van der Waals surface area contributed by atoms with Crippen molar-refractivity contribution in [2.75, 3.05) is 24.5 Å². The average molecular weight is 563 g/mol. The number of alkyl halides is 3. The minimum Gasteiger partial charge on any atom is -0.462 e. The van der Waals surface area contributed by atoms with Gasteiger partial charge in [-0.25, -0.2) is 4.98 Å². The first-order valence-electron chi connectivity index (χ1n) is 11.6. The summed E-state index contributed by atoms with van der Waals surface area (Å²) >= 11 is 12.6. The van der Waals surface area contributed by atoms with Crippen LogP contribution in [0.2, 0.25) is 10.0 Å². The van der Waals surface area contributed by atoms with Crippen molar-refractivity contribution in [2.24, 2.45) is 0 Å². The molecule has 0 unspecified atom stereocenters. The Balaban J connectivity index is 1.58. The van der Waals surface area contributed by atoms with Crippen molar-refractivity contribution < 1.29 is 22.7 Å². The molecule has 0 bridgehead atoms. The number of aromatic nitrogens is 1. The van der Waals surface area contributed by atoms with Gasteiger partial charge in [-0.15, -0.1) is 0 Å². The van der Waals surface area contributed by atoms with E-state index in [1.165, 1.54) is 0 Å². The van der Waals surface area contributed by atoms with E-state index in [1.54, 1.807) is 49.1 Å². The summed E-state index contributed by atoms with van der Waals surface area (Å²) in [5.41, 5.74) is -0.243. The van der Waals surface area contributed by atoms with Crippen LogP contribution in [0.1, 0.15) is 36.6 Å². The number of ether oxygens (including phenoxy) is 1. The van der Waals surface area contributed by atoms with Gasteiger partial charge in [-0.2, -0.15) is 18.4 Å². The zero-order valence-corrected chi connectivity index (χ0v) is 22.0. The highest BCUT2D eigenvalue weighted by atomic mass is 35.5. The molecule has 1 amide bonds. The smallest absolute Gasteiger partial charge is 0.417 e. The third-order valence-electron chi connectivity index (χ3n) is 6.25. The summed E-state index contributed by atoms with van der Waals surface area (Å²) < 4.78 is 44.4. The van der Waals surface area contributed by atoms with Gasteiger partial charge in [0.2, 0.25) is 5.88 Å². The molecule has 2 aromatic carbocycles. The largest absolute Gasteiger partial charge is 0.462 e. The second kappa shape index (κ2) is 10.7. The van der Waals surface area contributed by atoms with Gasteiger partial charge in [0.1, 0.15) is 0 Å². The van der Waals surface area contributed by atoms with Gasteiger partial charge in [-0.05, 0) is 55.8 Å². The molecule has 4 rings (SSSR count). The molecule has 0 aliphatic carbocycles. The van der Waals surface area contributed by atoms with E-state index in [2.05, 4.69) is 16.0 Å². The van der Waals surface area contributed by atoms with Crippen molar-refractivity contribution in [1.82, 2.24) is 9.88 Å². The molecule has 0 radical (unpaired) electrons. The molecule has 1 fully saturated rings. The van der Waals surface area contributed by atoms with Gasteiger partial charge >= 0.3 is 6.18 Å². The van der Waals surface area contributed by atoms with E-state index in [0.717, 1.165) is 23.4 Å². The highest BCUT2D eigenvalue weighted by Gasteiger charge is 2.40. The van der Waals surface area contributed by atoms with Crippen molar-refractivity contribution in [2.45, 2.75) is 31.7 Å². The number of pyridine rings is 1. The normalized spacial score (nSPS) is 16.2. The van der Waals surface area contributed by atoms with Crippen LogP contribution >= 0.6 is 23.2 Å². The Morgan fingerprint density at radius 1 is 1.08 bits per heavy atom. The van der Waals surface area contributed by atoms with E-state index in [9.17, 15) is 23.2 Å². The van der Waals surface area contributed by atoms with Gasteiger partial charge in [0.05, 0.1) is 33.9 Å². The lowest BCUT2D eigenvalue weighted by Gasteiger charge is -2.45. The first kappa shape index (κ1) is 27.6. The summed E-state index contributed by atoms with van der Waals surface area (Å²) in [7, 11) is 0. The molecule has 0 saturated carbocycles. The first-order chi connectivity index (χ1) is 17.9. The van der Waals surface area contributed by atoms with Crippen molar-refractivity contribution in [3.63, 3.8) is 0 Å². The quantitative estimate of drug-likeness (QED) is 0.353.